The van der Waals surface area contributed by atoms with Crippen LogP contribution < -0.4 is 16.0 Å². The molecule has 8 heteroatoms. The van der Waals surface area contributed by atoms with Crippen molar-refractivity contribution in [3.8, 4) is 6.07 Å². The number of benzene rings is 2. The summed E-state index contributed by atoms with van der Waals surface area (Å²) in [7, 11) is 0. The maximum Gasteiger partial charge on any atom is 0.254 e. The van der Waals surface area contributed by atoms with Gasteiger partial charge >= 0.3 is 0 Å². The first kappa shape index (κ1) is 25.2. The van der Waals surface area contributed by atoms with Gasteiger partial charge in [0.1, 0.15) is 0 Å². The zero-order valence-electron chi connectivity index (χ0n) is 18.3. The number of piperidine rings is 1. The predicted octanol–water partition coefficient (Wildman–Crippen LogP) is 6.02. The first-order valence-corrected chi connectivity index (χ1v) is 11.9. The molecule has 2 aromatic carbocycles. The monoisotopic (exact) mass is 500 g/mol. The van der Waals surface area contributed by atoms with Gasteiger partial charge in [0.05, 0.1) is 22.6 Å². The van der Waals surface area contributed by atoms with Gasteiger partial charge in [0.2, 0.25) is 0 Å². The van der Waals surface area contributed by atoms with Crippen molar-refractivity contribution in [2.45, 2.75) is 32.1 Å². The van der Waals surface area contributed by atoms with Crippen molar-refractivity contribution in [3.05, 3.63) is 86.0 Å². The molecule has 2 heterocycles. The number of nitrogens with one attached hydrogen (secondary N) is 3. The number of anilines is 1. The molecule has 2 aliphatic rings. The number of carbonyl (C=O) groups excluding carboxylic acids is 1. The van der Waals surface area contributed by atoms with Crippen LogP contribution in [-0.4, -0.2) is 19.0 Å². The lowest BCUT2D eigenvalue weighted by atomic mass is 9.82. The SMILES string of the molecule is C1CCNCC1.CC1=C(C(=O)Nc2ccc(Cl)cc2)C(c2ccc(Cl)cc2)C(C#N)=C(S)N1. The fourth-order valence-corrected chi connectivity index (χ4v) is 4.35. The minimum atomic E-state index is -0.548. The van der Waals surface area contributed by atoms with Crippen LogP contribution in [0.2, 0.25) is 10.0 Å². The van der Waals surface area contributed by atoms with E-state index in [-0.39, 0.29) is 5.91 Å². The third-order valence-corrected chi connectivity index (χ3v) is 6.28. The van der Waals surface area contributed by atoms with Gasteiger partial charge < -0.3 is 16.0 Å². The Morgan fingerprint density at radius 1 is 1.03 bits per heavy atom. The summed E-state index contributed by atoms with van der Waals surface area (Å²) in [5.74, 6) is -0.857. The molecule has 1 atom stereocenters. The summed E-state index contributed by atoms with van der Waals surface area (Å²) in [4.78, 5) is 13.1. The molecule has 5 nitrogen and oxygen atoms in total. The van der Waals surface area contributed by atoms with E-state index < -0.39 is 5.92 Å². The molecule has 2 aliphatic heterocycles. The zero-order valence-corrected chi connectivity index (χ0v) is 20.7. The van der Waals surface area contributed by atoms with Gasteiger partial charge in [0.25, 0.3) is 5.91 Å². The predicted molar refractivity (Wildman–Crippen MR) is 138 cm³/mol. The Labute approximate surface area is 210 Å². The summed E-state index contributed by atoms with van der Waals surface area (Å²) in [5.41, 5.74) is 2.84. The molecular formula is C25H26Cl2N4OS. The summed E-state index contributed by atoms with van der Waals surface area (Å²) in [5, 5.41) is 20.4. The molecule has 1 fully saturated rings. The van der Waals surface area contributed by atoms with E-state index in [9.17, 15) is 10.1 Å². The van der Waals surface area contributed by atoms with Crippen LogP contribution in [0.5, 0.6) is 0 Å². The largest absolute Gasteiger partial charge is 0.353 e. The number of rotatable bonds is 3. The van der Waals surface area contributed by atoms with Gasteiger partial charge in [-0.15, -0.1) is 12.6 Å². The van der Waals surface area contributed by atoms with E-state index in [1.807, 2.05) is 0 Å². The molecule has 1 unspecified atom stereocenters. The van der Waals surface area contributed by atoms with Gasteiger partial charge in [0, 0.05) is 27.0 Å². The van der Waals surface area contributed by atoms with Crippen molar-refractivity contribution in [3.63, 3.8) is 0 Å². The van der Waals surface area contributed by atoms with Crippen LogP contribution in [-0.2, 0) is 4.79 Å². The van der Waals surface area contributed by atoms with Crippen molar-refractivity contribution in [2.24, 2.45) is 0 Å². The van der Waals surface area contributed by atoms with Crippen molar-refractivity contribution >= 4 is 47.4 Å². The van der Waals surface area contributed by atoms with Gasteiger partial charge in [-0.05, 0) is 74.8 Å². The summed E-state index contributed by atoms with van der Waals surface area (Å²) < 4.78 is 0. The minimum absolute atomic E-state index is 0.309. The summed E-state index contributed by atoms with van der Waals surface area (Å²) >= 11 is 16.3. The quantitative estimate of drug-likeness (QED) is 0.388. The molecule has 0 spiro atoms. The normalized spacial score (nSPS) is 18.0. The Morgan fingerprint density at radius 2 is 1.61 bits per heavy atom. The molecule has 33 heavy (non-hydrogen) atoms. The summed E-state index contributed by atoms with van der Waals surface area (Å²) in [6.45, 7) is 4.28. The highest BCUT2D eigenvalue weighted by atomic mass is 35.5. The standard InChI is InChI=1S/C20H15Cl2N3OS.C5H11N/c1-11-17(19(26)25-15-8-6-14(22)7-9-15)18(16(10-23)20(27)24-11)12-2-4-13(21)5-3-12;1-2-4-6-5-3-1/h2-9,18,24,27H,1H3,(H,25,26);6H,1-5H2. The number of allylic oxidation sites excluding steroid dienone is 2. The van der Waals surface area contributed by atoms with Crippen LogP contribution in [0.3, 0.4) is 0 Å². The molecular weight excluding hydrogens is 475 g/mol. The first-order valence-electron chi connectivity index (χ1n) is 10.7. The maximum atomic E-state index is 13.1. The second-order valence-corrected chi connectivity index (χ2v) is 9.11. The Kier molecular flexibility index (Phi) is 9.28. The van der Waals surface area contributed by atoms with Crippen LogP contribution in [0.4, 0.5) is 5.69 Å². The van der Waals surface area contributed by atoms with Gasteiger partial charge in [-0.1, -0.05) is 41.8 Å². The molecule has 172 valence electrons. The average molecular weight is 501 g/mol. The Balaban J connectivity index is 0.000000442. The number of carbonyl (C=O) groups is 1. The Hall–Kier alpha value is -2.43. The van der Waals surface area contributed by atoms with E-state index in [1.54, 1.807) is 55.5 Å². The third-order valence-electron chi connectivity index (χ3n) is 5.42. The van der Waals surface area contributed by atoms with Crippen molar-refractivity contribution in [1.29, 1.82) is 5.26 Å². The van der Waals surface area contributed by atoms with Gasteiger partial charge in [-0.25, -0.2) is 0 Å². The van der Waals surface area contributed by atoms with E-state index in [0.717, 1.165) is 5.56 Å². The Morgan fingerprint density at radius 3 is 2.09 bits per heavy atom. The lowest BCUT2D eigenvalue weighted by molar-refractivity contribution is -0.113. The number of hydrogen-bond acceptors (Lipinski definition) is 5. The molecule has 1 amide bonds. The average Bonchev–Trinajstić information content (AvgIpc) is 2.82. The molecule has 0 aromatic heterocycles. The number of amides is 1. The number of thiol groups is 1. The third kappa shape index (κ3) is 6.78. The number of hydrogen-bond donors (Lipinski definition) is 4. The van der Waals surface area contributed by atoms with Gasteiger partial charge in [0.15, 0.2) is 0 Å². The molecule has 0 radical (unpaired) electrons. The van der Waals surface area contributed by atoms with Crippen LogP contribution in [0.15, 0.2) is 70.4 Å². The van der Waals surface area contributed by atoms with Crippen LogP contribution in [0.25, 0.3) is 0 Å². The van der Waals surface area contributed by atoms with E-state index in [1.165, 1.54) is 32.4 Å². The van der Waals surface area contributed by atoms with Gasteiger partial charge in [-0.3, -0.25) is 4.79 Å². The minimum Gasteiger partial charge on any atom is -0.353 e. The van der Waals surface area contributed by atoms with Gasteiger partial charge in [-0.2, -0.15) is 5.26 Å². The van der Waals surface area contributed by atoms with Crippen LogP contribution >= 0.6 is 35.8 Å². The molecule has 4 rings (SSSR count). The first-order chi connectivity index (χ1) is 15.9. The van der Waals surface area contributed by atoms with Crippen molar-refractivity contribution < 1.29 is 4.79 Å². The maximum absolute atomic E-state index is 13.1. The number of nitriles is 1. The molecule has 0 saturated carbocycles. The zero-order chi connectivity index (χ0) is 23.8. The van der Waals surface area contributed by atoms with Crippen molar-refractivity contribution in [1.82, 2.24) is 10.6 Å². The molecule has 2 aromatic rings. The number of dihydropyridines is 1. The Bertz CT molecular complexity index is 1070. The van der Waals surface area contributed by atoms with Crippen LogP contribution in [0, 0.1) is 11.3 Å². The summed E-state index contributed by atoms with van der Waals surface area (Å²) in [6, 6.07) is 16.1. The second kappa shape index (κ2) is 12.2. The lowest BCUT2D eigenvalue weighted by Crippen LogP contribution is -2.30. The van der Waals surface area contributed by atoms with E-state index in [4.69, 9.17) is 23.2 Å². The highest BCUT2D eigenvalue weighted by Gasteiger charge is 2.33. The van der Waals surface area contributed by atoms with E-state index in [0.29, 0.717) is 37.6 Å². The summed E-state index contributed by atoms with van der Waals surface area (Å²) in [6.07, 6.45) is 4.22. The van der Waals surface area contributed by atoms with E-state index >= 15 is 0 Å². The highest BCUT2D eigenvalue weighted by Crippen LogP contribution is 2.39. The topological polar surface area (TPSA) is 77.0 Å². The number of nitrogens with zero attached hydrogens (tertiary/aromatic N) is 1. The smallest absolute Gasteiger partial charge is 0.254 e. The lowest BCUT2D eigenvalue weighted by Gasteiger charge is -2.28. The number of halogens is 2. The fourth-order valence-electron chi connectivity index (χ4n) is 3.75. The van der Waals surface area contributed by atoms with E-state index in [2.05, 4.69) is 34.6 Å². The fraction of sp³-hybridized carbons (Fsp3) is 0.280. The highest BCUT2D eigenvalue weighted by molar-refractivity contribution is 7.84. The van der Waals surface area contributed by atoms with Crippen LogP contribution in [0.1, 0.15) is 37.7 Å². The molecule has 3 N–H and O–H groups in total. The second-order valence-electron chi connectivity index (χ2n) is 7.79. The molecule has 0 bridgehead atoms. The van der Waals surface area contributed by atoms with Crippen molar-refractivity contribution in [2.75, 3.05) is 18.4 Å². The molecule has 1 saturated heterocycles. The molecule has 0 aliphatic carbocycles.